The van der Waals surface area contributed by atoms with E-state index < -0.39 is 5.82 Å². The van der Waals surface area contributed by atoms with Gasteiger partial charge in [-0.3, -0.25) is 4.98 Å². The highest BCUT2D eigenvalue weighted by Crippen LogP contribution is 2.21. The zero-order valence-corrected chi connectivity index (χ0v) is 9.77. The maximum Gasteiger partial charge on any atom is 0.250 e. The van der Waals surface area contributed by atoms with Gasteiger partial charge in [0.1, 0.15) is 0 Å². The van der Waals surface area contributed by atoms with Crippen molar-refractivity contribution in [3.63, 3.8) is 0 Å². The lowest BCUT2D eigenvalue weighted by atomic mass is 10.2. The normalized spacial score (nSPS) is 14.9. The molecular weight excluding hydrogens is 235 g/mol. The molecule has 2 aromatic heterocycles. The van der Waals surface area contributed by atoms with Crippen LogP contribution in [0.4, 0.5) is 4.39 Å². The first-order valence-electron chi connectivity index (χ1n) is 5.98. The van der Waals surface area contributed by atoms with Gasteiger partial charge < -0.3 is 9.73 Å². The van der Waals surface area contributed by atoms with Crippen LogP contribution < -0.4 is 5.32 Å². The molecule has 5 nitrogen and oxygen atoms in total. The SMILES string of the molecule is Fc1cnccc1-c1nnc(CCNC2CC2)o1. The van der Waals surface area contributed by atoms with Gasteiger partial charge in [0.15, 0.2) is 5.82 Å². The quantitative estimate of drug-likeness (QED) is 0.870. The molecule has 0 saturated heterocycles. The molecule has 0 atom stereocenters. The van der Waals surface area contributed by atoms with Crippen molar-refractivity contribution in [1.29, 1.82) is 0 Å². The smallest absolute Gasteiger partial charge is 0.250 e. The largest absolute Gasteiger partial charge is 0.421 e. The summed E-state index contributed by atoms with van der Waals surface area (Å²) in [4.78, 5) is 3.68. The van der Waals surface area contributed by atoms with Gasteiger partial charge in [-0.2, -0.15) is 0 Å². The summed E-state index contributed by atoms with van der Waals surface area (Å²) in [5, 5.41) is 11.1. The monoisotopic (exact) mass is 248 g/mol. The van der Waals surface area contributed by atoms with E-state index in [1.54, 1.807) is 0 Å². The molecule has 0 bridgehead atoms. The number of hydrogen-bond donors (Lipinski definition) is 1. The van der Waals surface area contributed by atoms with Crippen molar-refractivity contribution in [2.24, 2.45) is 0 Å². The van der Waals surface area contributed by atoms with Crippen LogP contribution in [0.15, 0.2) is 22.9 Å². The molecule has 2 heterocycles. The van der Waals surface area contributed by atoms with Crippen LogP contribution >= 0.6 is 0 Å². The van der Waals surface area contributed by atoms with E-state index in [9.17, 15) is 4.39 Å². The lowest BCUT2D eigenvalue weighted by Gasteiger charge is -1.98. The summed E-state index contributed by atoms with van der Waals surface area (Å²) in [6, 6.07) is 2.18. The summed E-state index contributed by atoms with van der Waals surface area (Å²) in [5.41, 5.74) is 0.291. The van der Waals surface area contributed by atoms with Crippen LogP contribution in [0.3, 0.4) is 0 Å². The third kappa shape index (κ3) is 2.53. The van der Waals surface area contributed by atoms with Gasteiger partial charge in [-0.25, -0.2) is 4.39 Å². The molecule has 0 aliphatic heterocycles. The van der Waals surface area contributed by atoms with Crippen molar-refractivity contribution in [3.05, 3.63) is 30.2 Å². The summed E-state index contributed by atoms with van der Waals surface area (Å²) >= 11 is 0. The molecule has 0 radical (unpaired) electrons. The van der Waals surface area contributed by atoms with E-state index in [4.69, 9.17) is 4.42 Å². The van der Waals surface area contributed by atoms with Gasteiger partial charge in [-0.1, -0.05) is 0 Å². The van der Waals surface area contributed by atoms with Gasteiger partial charge in [0.25, 0.3) is 5.89 Å². The predicted octanol–water partition coefficient (Wildman–Crippen LogP) is 1.57. The van der Waals surface area contributed by atoms with E-state index >= 15 is 0 Å². The molecule has 1 N–H and O–H groups in total. The fourth-order valence-electron chi connectivity index (χ4n) is 1.68. The van der Waals surface area contributed by atoms with Gasteiger partial charge >= 0.3 is 0 Å². The standard InChI is InChI=1S/C12H13FN4O/c13-10-7-14-5-3-9(10)12-17-16-11(18-12)4-6-15-8-1-2-8/h3,5,7-8,15H,1-2,4,6H2. The Kier molecular flexibility index (Phi) is 3.02. The van der Waals surface area contributed by atoms with Gasteiger partial charge in [-0.15, -0.1) is 10.2 Å². The van der Waals surface area contributed by atoms with Crippen molar-refractivity contribution in [3.8, 4) is 11.5 Å². The van der Waals surface area contributed by atoms with E-state index in [0.29, 0.717) is 23.9 Å². The Hall–Kier alpha value is -1.82. The molecule has 0 aromatic carbocycles. The second kappa shape index (κ2) is 4.81. The van der Waals surface area contributed by atoms with E-state index in [2.05, 4.69) is 20.5 Å². The molecule has 1 aliphatic rings. The summed E-state index contributed by atoms with van der Waals surface area (Å²) < 4.78 is 18.9. The number of nitrogens with one attached hydrogen (secondary N) is 1. The van der Waals surface area contributed by atoms with Crippen molar-refractivity contribution in [2.45, 2.75) is 25.3 Å². The Morgan fingerprint density at radius 2 is 2.28 bits per heavy atom. The van der Waals surface area contributed by atoms with E-state index in [-0.39, 0.29) is 5.89 Å². The average molecular weight is 248 g/mol. The molecule has 18 heavy (non-hydrogen) atoms. The predicted molar refractivity (Wildman–Crippen MR) is 62.2 cm³/mol. The Morgan fingerprint density at radius 3 is 3.06 bits per heavy atom. The van der Waals surface area contributed by atoms with Crippen molar-refractivity contribution in [1.82, 2.24) is 20.5 Å². The second-order valence-corrected chi connectivity index (χ2v) is 4.33. The summed E-state index contributed by atoms with van der Waals surface area (Å²) in [6.07, 6.45) is 5.79. The number of rotatable bonds is 5. The molecule has 3 rings (SSSR count). The van der Waals surface area contributed by atoms with Crippen molar-refractivity contribution >= 4 is 0 Å². The molecule has 0 amide bonds. The number of aromatic nitrogens is 3. The minimum Gasteiger partial charge on any atom is -0.421 e. The van der Waals surface area contributed by atoms with E-state index in [0.717, 1.165) is 12.7 Å². The molecule has 1 saturated carbocycles. The highest BCUT2D eigenvalue weighted by Gasteiger charge is 2.20. The highest BCUT2D eigenvalue weighted by molar-refractivity contribution is 5.51. The zero-order chi connectivity index (χ0) is 12.4. The molecule has 2 aromatic rings. The maximum absolute atomic E-state index is 13.4. The number of pyridine rings is 1. The first-order valence-corrected chi connectivity index (χ1v) is 5.98. The molecule has 94 valence electrons. The molecule has 1 fully saturated rings. The second-order valence-electron chi connectivity index (χ2n) is 4.33. The first-order chi connectivity index (χ1) is 8.83. The van der Waals surface area contributed by atoms with Crippen LogP contribution in [0.2, 0.25) is 0 Å². The molecule has 1 aliphatic carbocycles. The van der Waals surface area contributed by atoms with Crippen LogP contribution in [-0.2, 0) is 6.42 Å². The van der Waals surface area contributed by atoms with Crippen LogP contribution in [-0.4, -0.2) is 27.8 Å². The first kappa shape index (κ1) is 11.3. The lowest BCUT2D eigenvalue weighted by molar-refractivity contribution is 0.490. The number of halogens is 1. The van der Waals surface area contributed by atoms with Gasteiger partial charge in [-0.05, 0) is 18.9 Å². The Bertz CT molecular complexity index is 538. The summed E-state index contributed by atoms with van der Waals surface area (Å²) in [5.74, 6) is 0.273. The third-order valence-corrected chi connectivity index (χ3v) is 2.82. The van der Waals surface area contributed by atoms with Gasteiger partial charge in [0.2, 0.25) is 5.89 Å². The summed E-state index contributed by atoms with van der Waals surface area (Å²) in [6.45, 7) is 0.811. The van der Waals surface area contributed by atoms with Crippen LogP contribution in [0, 0.1) is 5.82 Å². The van der Waals surface area contributed by atoms with Crippen LogP contribution in [0.5, 0.6) is 0 Å². The number of hydrogen-bond acceptors (Lipinski definition) is 5. The highest BCUT2D eigenvalue weighted by atomic mass is 19.1. The minimum atomic E-state index is -0.455. The van der Waals surface area contributed by atoms with Gasteiger partial charge in [0.05, 0.1) is 11.8 Å². The molecular formula is C12H13FN4O. The van der Waals surface area contributed by atoms with E-state index in [1.807, 2.05) is 0 Å². The molecule has 0 unspecified atom stereocenters. The number of nitrogens with zero attached hydrogens (tertiary/aromatic N) is 3. The lowest BCUT2D eigenvalue weighted by Crippen LogP contribution is -2.19. The van der Waals surface area contributed by atoms with Gasteiger partial charge in [0, 0.05) is 25.2 Å². The Labute approximate surface area is 103 Å². The van der Waals surface area contributed by atoms with Crippen molar-refractivity contribution in [2.75, 3.05) is 6.54 Å². The van der Waals surface area contributed by atoms with E-state index in [1.165, 1.54) is 25.1 Å². The molecule has 0 spiro atoms. The fraction of sp³-hybridized carbons (Fsp3) is 0.417. The Balaban J connectivity index is 1.66. The Morgan fingerprint density at radius 1 is 1.39 bits per heavy atom. The zero-order valence-electron chi connectivity index (χ0n) is 9.77. The fourth-order valence-corrected chi connectivity index (χ4v) is 1.68. The third-order valence-electron chi connectivity index (χ3n) is 2.82. The van der Waals surface area contributed by atoms with Crippen LogP contribution in [0.1, 0.15) is 18.7 Å². The summed E-state index contributed by atoms with van der Waals surface area (Å²) in [7, 11) is 0. The minimum absolute atomic E-state index is 0.205. The molecule has 6 heteroatoms. The maximum atomic E-state index is 13.4. The topological polar surface area (TPSA) is 63.8 Å². The van der Waals surface area contributed by atoms with Crippen molar-refractivity contribution < 1.29 is 8.81 Å². The van der Waals surface area contributed by atoms with Crippen LogP contribution in [0.25, 0.3) is 11.5 Å². The average Bonchev–Trinajstić information content (AvgIpc) is 3.08.